The average Bonchev–Trinajstić information content (AvgIpc) is 2.74. The van der Waals surface area contributed by atoms with Gasteiger partial charge in [-0.1, -0.05) is 12.7 Å². The maximum absolute atomic E-state index is 12.7. The molecular formula is C19H25N3O10. The van der Waals surface area contributed by atoms with E-state index in [1.807, 2.05) is 0 Å². The molecule has 0 spiro atoms. The number of ketones is 1. The summed E-state index contributed by atoms with van der Waals surface area (Å²) in [6.07, 6.45) is 1.89. The molecule has 0 atom stereocenters. The van der Waals surface area contributed by atoms with Crippen LogP contribution >= 0.6 is 0 Å². The Kier molecular flexibility index (Phi) is 11.3. The van der Waals surface area contributed by atoms with Crippen molar-refractivity contribution in [2.24, 2.45) is 0 Å². The first-order chi connectivity index (χ1) is 15.2. The molecule has 0 radical (unpaired) electrons. The second-order valence-electron chi connectivity index (χ2n) is 6.17. The molecule has 176 valence electrons. The second-order valence-corrected chi connectivity index (χ2v) is 6.17. The van der Waals surface area contributed by atoms with Gasteiger partial charge in [0.2, 0.25) is 0 Å². The molecule has 0 unspecified atom stereocenters. The van der Waals surface area contributed by atoms with Gasteiger partial charge in [0.05, 0.1) is 19.6 Å². The molecule has 13 heteroatoms. The Hall–Kier alpha value is -3.58. The van der Waals surface area contributed by atoms with Crippen molar-refractivity contribution in [3.05, 3.63) is 56.8 Å². The minimum Gasteiger partial charge on any atom is -0.463 e. The molecular weight excluding hydrogens is 430 g/mol. The van der Waals surface area contributed by atoms with Crippen molar-refractivity contribution in [3.8, 4) is 0 Å². The SMILES string of the molecule is C=CCOOCCn1c(=O)n(CCOC(=O)C=C)c(=O)n(CCOC(=O)CC(C)=O)c1=O. The summed E-state index contributed by atoms with van der Waals surface area (Å²) in [6.45, 7) is 6.08. The second kappa shape index (κ2) is 13.7. The number of carbonyl (C=O) groups is 3. The van der Waals surface area contributed by atoms with E-state index in [1.165, 1.54) is 13.0 Å². The normalized spacial score (nSPS) is 10.4. The summed E-state index contributed by atoms with van der Waals surface area (Å²) in [6, 6.07) is 0. The molecule has 1 aromatic rings. The van der Waals surface area contributed by atoms with E-state index in [0.29, 0.717) is 9.13 Å². The van der Waals surface area contributed by atoms with Crippen molar-refractivity contribution in [1.82, 2.24) is 13.7 Å². The Morgan fingerprint density at radius 1 is 0.812 bits per heavy atom. The number of aromatic nitrogens is 3. The third-order valence-corrected chi connectivity index (χ3v) is 3.75. The molecule has 0 fully saturated rings. The van der Waals surface area contributed by atoms with Crippen molar-refractivity contribution < 1.29 is 33.6 Å². The first-order valence-electron chi connectivity index (χ1n) is 9.47. The number of nitrogens with zero attached hydrogens (tertiary/aromatic N) is 3. The first kappa shape index (κ1) is 26.5. The Bertz CT molecular complexity index is 1020. The summed E-state index contributed by atoms with van der Waals surface area (Å²) in [5.74, 6) is -1.98. The molecule has 0 aliphatic carbocycles. The number of hydrogen-bond donors (Lipinski definition) is 0. The van der Waals surface area contributed by atoms with E-state index in [-0.39, 0.29) is 46.1 Å². The number of hydrogen-bond acceptors (Lipinski definition) is 10. The summed E-state index contributed by atoms with van der Waals surface area (Å²) in [5, 5.41) is 0. The Labute approximate surface area is 182 Å². The van der Waals surface area contributed by atoms with E-state index in [1.54, 1.807) is 0 Å². The van der Waals surface area contributed by atoms with Gasteiger partial charge in [-0.25, -0.2) is 42.7 Å². The highest BCUT2D eigenvalue weighted by Crippen LogP contribution is 1.89. The molecule has 0 N–H and O–H groups in total. The fraction of sp³-hybridized carbons (Fsp3) is 0.474. The molecule has 0 amide bonds. The summed E-state index contributed by atoms with van der Waals surface area (Å²) in [4.78, 5) is 81.2. The standard InChI is InChI=1S/C19H25N3O10/c1-4-9-31-32-12-8-22-18(27)20(6-10-29-15(24)5-2)17(26)21(19(22)28)7-11-30-16(25)13-14(3)23/h4-5H,1-2,6-13H2,3H3. The fourth-order valence-corrected chi connectivity index (χ4v) is 2.34. The third kappa shape index (κ3) is 8.28. The highest BCUT2D eigenvalue weighted by Gasteiger charge is 2.16. The molecule has 0 saturated carbocycles. The smallest absolute Gasteiger partial charge is 0.336 e. The highest BCUT2D eigenvalue weighted by molar-refractivity contribution is 5.94. The van der Waals surface area contributed by atoms with Crippen LogP contribution in [0.25, 0.3) is 0 Å². The van der Waals surface area contributed by atoms with E-state index in [4.69, 9.17) is 19.2 Å². The number of carbonyl (C=O) groups excluding carboxylic acids is 3. The summed E-state index contributed by atoms with van der Waals surface area (Å²) in [5.41, 5.74) is -2.90. The maximum atomic E-state index is 12.7. The van der Waals surface area contributed by atoms with Gasteiger partial charge in [-0.3, -0.25) is 9.59 Å². The molecule has 13 nitrogen and oxygen atoms in total. The zero-order valence-electron chi connectivity index (χ0n) is 17.6. The number of ether oxygens (including phenoxy) is 2. The Balaban J connectivity index is 3.12. The van der Waals surface area contributed by atoms with Gasteiger partial charge in [0, 0.05) is 6.08 Å². The minimum atomic E-state index is -0.989. The number of esters is 2. The van der Waals surface area contributed by atoms with Crippen molar-refractivity contribution in [2.75, 3.05) is 26.4 Å². The predicted molar refractivity (Wildman–Crippen MR) is 109 cm³/mol. The average molecular weight is 455 g/mol. The van der Waals surface area contributed by atoms with Crippen LogP contribution in [0.15, 0.2) is 39.7 Å². The van der Waals surface area contributed by atoms with Gasteiger partial charge in [-0.05, 0) is 6.92 Å². The van der Waals surface area contributed by atoms with E-state index < -0.39 is 41.2 Å². The molecule has 1 rings (SSSR count). The Morgan fingerprint density at radius 3 is 1.78 bits per heavy atom. The molecule has 32 heavy (non-hydrogen) atoms. The fourth-order valence-electron chi connectivity index (χ4n) is 2.34. The van der Waals surface area contributed by atoms with Gasteiger partial charge in [0.1, 0.15) is 38.6 Å². The minimum absolute atomic E-state index is 0.0823. The lowest BCUT2D eigenvalue weighted by Gasteiger charge is -2.14. The van der Waals surface area contributed by atoms with E-state index >= 15 is 0 Å². The van der Waals surface area contributed by atoms with Gasteiger partial charge < -0.3 is 9.47 Å². The molecule has 0 aromatic carbocycles. The molecule has 0 aliphatic heterocycles. The summed E-state index contributed by atoms with van der Waals surface area (Å²) >= 11 is 0. The molecule has 0 saturated heterocycles. The van der Waals surface area contributed by atoms with Gasteiger partial charge in [-0.15, -0.1) is 6.58 Å². The number of Topliss-reactive ketones (excluding diaryl/α,β-unsaturated/α-hetero) is 1. The monoisotopic (exact) mass is 455 g/mol. The zero-order chi connectivity index (χ0) is 24.1. The van der Waals surface area contributed by atoms with Crippen LogP contribution in [-0.4, -0.2) is 57.9 Å². The lowest BCUT2D eigenvalue weighted by Crippen LogP contribution is -2.55. The van der Waals surface area contributed by atoms with Gasteiger partial charge >= 0.3 is 29.0 Å². The third-order valence-electron chi connectivity index (χ3n) is 3.75. The maximum Gasteiger partial charge on any atom is 0.336 e. The molecule has 1 heterocycles. The van der Waals surface area contributed by atoms with Crippen molar-refractivity contribution >= 4 is 17.7 Å². The van der Waals surface area contributed by atoms with Gasteiger partial charge in [0.15, 0.2) is 0 Å². The van der Waals surface area contributed by atoms with Crippen LogP contribution in [0.5, 0.6) is 0 Å². The van der Waals surface area contributed by atoms with Gasteiger partial charge in [-0.2, -0.15) is 0 Å². The molecule has 0 bridgehead atoms. The number of rotatable bonds is 15. The van der Waals surface area contributed by atoms with Crippen LogP contribution in [-0.2, 0) is 53.3 Å². The summed E-state index contributed by atoms with van der Waals surface area (Å²) < 4.78 is 11.7. The lowest BCUT2D eigenvalue weighted by molar-refractivity contribution is -0.287. The Morgan fingerprint density at radius 2 is 1.31 bits per heavy atom. The van der Waals surface area contributed by atoms with Crippen LogP contribution in [0, 0.1) is 0 Å². The van der Waals surface area contributed by atoms with Crippen LogP contribution in [0.1, 0.15) is 13.3 Å². The van der Waals surface area contributed by atoms with E-state index in [9.17, 15) is 28.8 Å². The van der Waals surface area contributed by atoms with E-state index in [2.05, 4.69) is 13.2 Å². The highest BCUT2D eigenvalue weighted by atomic mass is 17.2. The van der Waals surface area contributed by atoms with Crippen LogP contribution in [0.2, 0.25) is 0 Å². The summed E-state index contributed by atoms with van der Waals surface area (Å²) in [7, 11) is 0. The van der Waals surface area contributed by atoms with Crippen molar-refractivity contribution in [3.63, 3.8) is 0 Å². The van der Waals surface area contributed by atoms with Crippen LogP contribution < -0.4 is 17.1 Å². The van der Waals surface area contributed by atoms with Crippen molar-refractivity contribution in [1.29, 1.82) is 0 Å². The first-order valence-corrected chi connectivity index (χ1v) is 9.47. The predicted octanol–water partition coefficient (Wildman–Crippen LogP) is -1.44. The lowest BCUT2D eigenvalue weighted by atomic mass is 10.3. The van der Waals surface area contributed by atoms with Gasteiger partial charge in [0.25, 0.3) is 0 Å². The molecule has 0 aliphatic rings. The largest absolute Gasteiger partial charge is 0.463 e. The van der Waals surface area contributed by atoms with Crippen LogP contribution in [0.3, 0.4) is 0 Å². The van der Waals surface area contributed by atoms with E-state index in [0.717, 1.165) is 10.6 Å². The zero-order valence-corrected chi connectivity index (χ0v) is 17.6. The quantitative estimate of drug-likeness (QED) is 0.0584. The van der Waals surface area contributed by atoms with Crippen molar-refractivity contribution in [2.45, 2.75) is 33.0 Å². The topological polar surface area (TPSA) is 154 Å². The molecule has 1 aromatic heterocycles. The van der Waals surface area contributed by atoms with Crippen LogP contribution in [0.4, 0.5) is 0 Å².